The van der Waals surface area contributed by atoms with Crippen LogP contribution in [-0.2, 0) is 5.33 Å². The lowest BCUT2D eigenvalue weighted by atomic mass is 10.0. The van der Waals surface area contributed by atoms with Gasteiger partial charge in [-0.25, -0.2) is 0 Å². The van der Waals surface area contributed by atoms with Crippen LogP contribution in [0.25, 0.3) is 22.6 Å². The summed E-state index contributed by atoms with van der Waals surface area (Å²) in [7, 11) is 0. The van der Waals surface area contributed by atoms with E-state index >= 15 is 0 Å². The van der Waals surface area contributed by atoms with Gasteiger partial charge in [0.15, 0.2) is 0 Å². The second-order valence-corrected chi connectivity index (χ2v) is 5.36. The molecule has 106 valence electrons. The van der Waals surface area contributed by atoms with Gasteiger partial charge in [-0.3, -0.25) is 10.1 Å². The second kappa shape index (κ2) is 5.74. The van der Waals surface area contributed by atoms with Crippen LogP contribution in [0.3, 0.4) is 0 Å². The Morgan fingerprint density at radius 3 is 2.86 bits per heavy atom. The number of nitro benzene ring substituents is 1. The average Bonchev–Trinajstić information content (AvgIpc) is 3.16. The molecule has 0 bridgehead atoms. The van der Waals surface area contributed by atoms with Crippen molar-refractivity contribution in [1.29, 1.82) is 0 Å². The number of non-ortho nitro benzene ring substituents is 1. The molecular weight excluding hydrogens is 358 g/mol. The van der Waals surface area contributed by atoms with Crippen molar-refractivity contribution in [2.45, 2.75) is 5.33 Å². The number of hydrogen-bond acceptors (Lipinski definition) is 6. The summed E-state index contributed by atoms with van der Waals surface area (Å²) < 4.78 is 9.38. The molecule has 8 heteroatoms. The number of aromatic nitrogens is 2. The number of benzene rings is 1. The van der Waals surface area contributed by atoms with Crippen LogP contribution in [-0.4, -0.2) is 14.5 Å². The van der Waals surface area contributed by atoms with Crippen LogP contribution in [0.2, 0.25) is 0 Å². The first-order valence-electron chi connectivity index (χ1n) is 5.89. The average molecular weight is 366 g/mol. The zero-order valence-electron chi connectivity index (χ0n) is 10.5. The van der Waals surface area contributed by atoms with E-state index in [-0.39, 0.29) is 5.69 Å². The molecule has 0 fully saturated rings. The minimum absolute atomic E-state index is 0.0217. The van der Waals surface area contributed by atoms with Crippen molar-refractivity contribution < 1.29 is 9.34 Å². The Labute approximate surface area is 131 Å². The molecule has 0 amide bonds. The van der Waals surface area contributed by atoms with E-state index in [1.54, 1.807) is 23.8 Å². The molecule has 6 nitrogen and oxygen atoms in total. The Morgan fingerprint density at radius 2 is 2.19 bits per heavy atom. The third-order valence-corrected chi connectivity index (χ3v) is 4.10. The molecule has 1 aromatic carbocycles. The molecule has 3 aromatic rings. The van der Waals surface area contributed by atoms with Crippen molar-refractivity contribution in [3.05, 3.63) is 51.6 Å². The van der Waals surface area contributed by atoms with Gasteiger partial charge >= 0.3 is 0 Å². The van der Waals surface area contributed by atoms with E-state index in [2.05, 4.69) is 25.5 Å². The van der Waals surface area contributed by atoms with Crippen molar-refractivity contribution in [3.8, 4) is 22.6 Å². The Morgan fingerprint density at radius 1 is 1.33 bits per heavy atom. The number of rotatable bonds is 4. The summed E-state index contributed by atoms with van der Waals surface area (Å²) >= 11 is 4.63. The highest BCUT2D eigenvalue weighted by molar-refractivity contribution is 9.08. The number of alkyl halides is 1. The molecule has 2 aromatic heterocycles. The van der Waals surface area contributed by atoms with Gasteiger partial charge in [0.1, 0.15) is 11.5 Å². The predicted molar refractivity (Wildman–Crippen MR) is 82.3 cm³/mol. The number of hydrogen-bond donors (Lipinski definition) is 0. The number of halogens is 1. The van der Waals surface area contributed by atoms with Crippen molar-refractivity contribution in [1.82, 2.24) is 9.59 Å². The molecule has 21 heavy (non-hydrogen) atoms. The van der Waals surface area contributed by atoms with E-state index in [0.29, 0.717) is 22.3 Å². The standard InChI is InChI=1S/C13H8BrN3O3S/c14-6-8-1-2-9(17(18)19)5-11(8)13-10(3-4-20-13)12-7-21-16-15-12/h1-5,7H,6H2. The smallest absolute Gasteiger partial charge is 0.270 e. The van der Waals surface area contributed by atoms with E-state index in [9.17, 15) is 10.1 Å². The van der Waals surface area contributed by atoms with E-state index in [1.165, 1.54) is 23.7 Å². The molecule has 0 spiro atoms. The summed E-state index contributed by atoms with van der Waals surface area (Å²) in [6.07, 6.45) is 1.54. The molecule has 2 heterocycles. The van der Waals surface area contributed by atoms with Crippen LogP contribution < -0.4 is 0 Å². The van der Waals surface area contributed by atoms with Crippen LogP contribution in [0, 0.1) is 10.1 Å². The molecule has 0 radical (unpaired) electrons. The van der Waals surface area contributed by atoms with Gasteiger partial charge in [-0.1, -0.05) is 26.5 Å². The molecule has 0 unspecified atom stereocenters. The fourth-order valence-electron chi connectivity index (χ4n) is 2.01. The van der Waals surface area contributed by atoms with Crippen LogP contribution >= 0.6 is 27.5 Å². The van der Waals surface area contributed by atoms with Gasteiger partial charge in [-0.05, 0) is 23.2 Å². The van der Waals surface area contributed by atoms with Gasteiger partial charge < -0.3 is 4.42 Å². The molecule has 0 N–H and O–H groups in total. The van der Waals surface area contributed by atoms with Gasteiger partial charge in [0, 0.05) is 34.0 Å². The van der Waals surface area contributed by atoms with Crippen molar-refractivity contribution in [2.75, 3.05) is 0 Å². The predicted octanol–water partition coefficient (Wildman–Crippen LogP) is 4.27. The van der Waals surface area contributed by atoms with E-state index < -0.39 is 4.92 Å². The first-order chi connectivity index (χ1) is 10.2. The molecule has 0 saturated heterocycles. The van der Waals surface area contributed by atoms with E-state index in [4.69, 9.17) is 4.42 Å². The van der Waals surface area contributed by atoms with E-state index in [0.717, 1.165) is 11.1 Å². The third-order valence-electron chi connectivity index (χ3n) is 2.99. The molecule has 0 atom stereocenters. The molecule has 0 saturated carbocycles. The highest BCUT2D eigenvalue weighted by Gasteiger charge is 2.19. The highest BCUT2D eigenvalue weighted by Crippen LogP contribution is 2.36. The molecule has 3 rings (SSSR count). The normalized spacial score (nSPS) is 10.7. The molecule has 0 aliphatic carbocycles. The summed E-state index contributed by atoms with van der Waals surface area (Å²) in [5, 5.41) is 17.4. The largest absolute Gasteiger partial charge is 0.464 e. The van der Waals surface area contributed by atoms with Crippen LogP contribution in [0.4, 0.5) is 5.69 Å². The van der Waals surface area contributed by atoms with Crippen LogP contribution in [0.15, 0.2) is 40.3 Å². The van der Waals surface area contributed by atoms with Crippen molar-refractivity contribution in [3.63, 3.8) is 0 Å². The minimum Gasteiger partial charge on any atom is -0.464 e. The first-order valence-corrected chi connectivity index (χ1v) is 7.85. The fraction of sp³-hybridized carbons (Fsp3) is 0.0769. The maximum absolute atomic E-state index is 11.0. The van der Waals surface area contributed by atoms with Gasteiger partial charge in [-0.2, -0.15) is 0 Å². The van der Waals surface area contributed by atoms with Crippen molar-refractivity contribution in [2.24, 2.45) is 0 Å². The summed E-state index contributed by atoms with van der Waals surface area (Å²) in [6.45, 7) is 0. The maximum atomic E-state index is 11.0. The summed E-state index contributed by atoms with van der Waals surface area (Å²) in [4.78, 5) is 10.6. The number of nitrogens with zero attached hydrogens (tertiary/aromatic N) is 3. The van der Waals surface area contributed by atoms with Crippen LogP contribution in [0.5, 0.6) is 0 Å². The Hall–Kier alpha value is -2.06. The lowest BCUT2D eigenvalue weighted by Crippen LogP contribution is -1.92. The Bertz CT molecular complexity index is 786. The monoisotopic (exact) mass is 365 g/mol. The second-order valence-electron chi connectivity index (χ2n) is 4.19. The van der Waals surface area contributed by atoms with Gasteiger partial charge in [0.05, 0.1) is 11.2 Å². The molecule has 0 aliphatic rings. The molecule has 0 aliphatic heterocycles. The van der Waals surface area contributed by atoms with E-state index in [1.807, 2.05) is 0 Å². The lowest BCUT2D eigenvalue weighted by molar-refractivity contribution is -0.384. The quantitative estimate of drug-likeness (QED) is 0.391. The summed E-state index contributed by atoms with van der Waals surface area (Å²) in [5.41, 5.74) is 3.06. The number of nitro groups is 1. The maximum Gasteiger partial charge on any atom is 0.270 e. The van der Waals surface area contributed by atoms with Crippen LogP contribution in [0.1, 0.15) is 5.56 Å². The highest BCUT2D eigenvalue weighted by atomic mass is 79.9. The van der Waals surface area contributed by atoms with Gasteiger partial charge in [0.2, 0.25) is 0 Å². The SMILES string of the molecule is O=[N+]([O-])c1ccc(CBr)c(-c2occc2-c2csnn2)c1. The minimum atomic E-state index is -0.422. The summed E-state index contributed by atoms with van der Waals surface area (Å²) in [5.74, 6) is 0.556. The zero-order valence-corrected chi connectivity index (χ0v) is 12.9. The topological polar surface area (TPSA) is 82.1 Å². The van der Waals surface area contributed by atoms with Gasteiger partial charge in [0.25, 0.3) is 5.69 Å². The summed E-state index contributed by atoms with van der Waals surface area (Å²) in [6, 6.07) is 6.49. The van der Waals surface area contributed by atoms with Crippen molar-refractivity contribution >= 4 is 33.1 Å². The fourth-order valence-corrected chi connectivity index (χ4v) is 2.95. The first kappa shape index (κ1) is 13.9. The zero-order chi connectivity index (χ0) is 14.8. The Balaban J connectivity index is 2.19. The lowest BCUT2D eigenvalue weighted by Gasteiger charge is -2.06. The third kappa shape index (κ3) is 2.59. The number of furan rings is 1. The van der Waals surface area contributed by atoms with Gasteiger partial charge in [-0.15, -0.1) is 5.10 Å². The Kier molecular flexibility index (Phi) is 3.80. The molecular formula is C13H8BrN3O3S.